The van der Waals surface area contributed by atoms with Gasteiger partial charge in [-0.15, -0.1) is 0 Å². The second-order valence-electron chi connectivity index (χ2n) is 7.34. The first-order valence-corrected chi connectivity index (χ1v) is 11.2. The van der Waals surface area contributed by atoms with E-state index in [9.17, 15) is 9.59 Å². The lowest BCUT2D eigenvalue weighted by Crippen LogP contribution is -2.32. The van der Waals surface area contributed by atoms with Gasteiger partial charge in [0, 0.05) is 23.3 Å². The lowest BCUT2D eigenvalue weighted by molar-refractivity contribution is 0.0586. The van der Waals surface area contributed by atoms with Gasteiger partial charge in [-0.05, 0) is 57.9 Å². The summed E-state index contributed by atoms with van der Waals surface area (Å²) in [6.45, 7) is 0. The fourth-order valence-electron chi connectivity index (χ4n) is 4.03. The van der Waals surface area contributed by atoms with Crippen LogP contribution in [0.3, 0.4) is 0 Å². The molecule has 10 heteroatoms. The summed E-state index contributed by atoms with van der Waals surface area (Å²) in [7, 11) is 7.30. The van der Waals surface area contributed by atoms with Crippen LogP contribution in [-0.2, 0) is 4.74 Å². The summed E-state index contributed by atoms with van der Waals surface area (Å²) in [6.07, 6.45) is 3.32. The minimum atomic E-state index is -0.701. The first-order chi connectivity index (χ1) is 16.9. The van der Waals surface area contributed by atoms with Gasteiger partial charge in [0.15, 0.2) is 28.7 Å². The Morgan fingerprint density at radius 2 is 1.40 bits per heavy atom. The number of nitrogens with zero attached hydrogens (tertiary/aromatic N) is 2. The zero-order valence-electron chi connectivity index (χ0n) is 19.7. The number of rotatable bonds is 7. The Hall–Kier alpha value is -3.92. The predicted molar refractivity (Wildman–Crippen MR) is 134 cm³/mol. The van der Waals surface area contributed by atoms with Crippen LogP contribution in [-0.4, -0.2) is 50.9 Å². The molecule has 0 amide bonds. The molecule has 0 spiro atoms. The summed E-state index contributed by atoms with van der Waals surface area (Å²) in [4.78, 5) is 27.0. The number of esters is 1. The van der Waals surface area contributed by atoms with E-state index in [4.69, 9.17) is 23.7 Å². The number of fused-ring (bicyclic) bond motifs is 1. The van der Waals surface area contributed by atoms with Gasteiger partial charge in [-0.3, -0.25) is 9.47 Å². The molecule has 0 aliphatic heterocycles. The van der Waals surface area contributed by atoms with Crippen LogP contribution < -0.4 is 24.5 Å². The Labute approximate surface area is 209 Å². The second kappa shape index (κ2) is 9.75. The molecule has 0 aliphatic rings. The normalized spacial score (nSPS) is 10.8. The van der Waals surface area contributed by atoms with E-state index < -0.39 is 11.5 Å². The molecular formula is C25H23BrN2O7. The number of benzene rings is 2. The second-order valence-corrected chi connectivity index (χ2v) is 8.20. The molecule has 0 bridgehead atoms. The molecular weight excluding hydrogens is 520 g/mol. The molecule has 0 atom stereocenters. The quantitative estimate of drug-likeness (QED) is 0.320. The number of halogens is 1. The molecule has 0 N–H and O–H groups in total. The van der Waals surface area contributed by atoms with E-state index in [1.807, 2.05) is 0 Å². The van der Waals surface area contributed by atoms with Crippen LogP contribution >= 0.6 is 15.9 Å². The van der Waals surface area contributed by atoms with E-state index in [-0.39, 0.29) is 5.69 Å². The van der Waals surface area contributed by atoms with Crippen molar-refractivity contribution in [2.24, 2.45) is 0 Å². The summed E-state index contributed by atoms with van der Waals surface area (Å²) in [5.41, 5.74) is 0.587. The Kier molecular flexibility index (Phi) is 6.74. The number of pyridine rings is 1. The van der Waals surface area contributed by atoms with Crippen molar-refractivity contribution >= 4 is 32.7 Å². The number of ether oxygens (including phenoxy) is 5. The average Bonchev–Trinajstić information content (AvgIpc) is 3.41. The first-order valence-electron chi connectivity index (χ1n) is 10.4. The highest BCUT2D eigenvalue weighted by molar-refractivity contribution is 9.10. The van der Waals surface area contributed by atoms with Crippen molar-refractivity contribution < 1.29 is 28.5 Å². The Balaban J connectivity index is 2.28. The number of aromatic nitrogens is 2. The van der Waals surface area contributed by atoms with Crippen molar-refractivity contribution in [3.05, 3.63) is 69.3 Å². The van der Waals surface area contributed by atoms with Crippen molar-refractivity contribution in [1.82, 2.24) is 9.35 Å². The van der Waals surface area contributed by atoms with Gasteiger partial charge in [0.1, 0.15) is 0 Å². The van der Waals surface area contributed by atoms with Crippen LogP contribution in [0, 0.1) is 0 Å². The highest BCUT2D eigenvalue weighted by Gasteiger charge is 2.27. The molecule has 0 saturated carbocycles. The molecule has 182 valence electrons. The SMILES string of the molecule is COC(=O)c1c(-c2cc(Br)c(OC)c(OC)c2)c2cc(OC)c(OC)cc2c(=O)n1-n1cccc1. The molecule has 2 aromatic heterocycles. The largest absolute Gasteiger partial charge is 0.493 e. The number of methoxy groups -OCH3 is 5. The van der Waals surface area contributed by atoms with Crippen molar-refractivity contribution in [2.45, 2.75) is 0 Å². The lowest BCUT2D eigenvalue weighted by Gasteiger charge is -2.21. The molecule has 4 aromatic rings. The molecule has 0 aliphatic carbocycles. The minimum Gasteiger partial charge on any atom is -0.493 e. The van der Waals surface area contributed by atoms with Crippen LogP contribution in [0.4, 0.5) is 0 Å². The summed E-state index contributed by atoms with van der Waals surface area (Å²) in [6, 6.07) is 10.3. The standard InChI is InChI=1S/C25H23BrN2O7/c1-31-18-12-15-16(13-19(18)32-2)24(29)28(27-8-6-7-9-27)22(25(30)35-5)21(15)14-10-17(26)23(34-4)20(11-14)33-3/h6-13H,1-5H3. The molecule has 0 fully saturated rings. The van der Waals surface area contributed by atoms with Crippen LogP contribution in [0.25, 0.3) is 21.9 Å². The maximum atomic E-state index is 13.8. The van der Waals surface area contributed by atoms with Gasteiger partial charge in [0.25, 0.3) is 5.56 Å². The zero-order chi connectivity index (χ0) is 25.3. The Morgan fingerprint density at radius 1 is 0.800 bits per heavy atom. The topological polar surface area (TPSA) is 90.2 Å². The van der Waals surface area contributed by atoms with Gasteiger partial charge in [-0.25, -0.2) is 9.47 Å². The third kappa shape index (κ3) is 3.99. The highest BCUT2D eigenvalue weighted by Crippen LogP contribution is 2.43. The molecule has 0 saturated heterocycles. The average molecular weight is 543 g/mol. The molecule has 0 unspecified atom stereocenters. The summed E-state index contributed by atoms with van der Waals surface area (Å²) in [5.74, 6) is 0.989. The minimum absolute atomic E-state index is 0.0209. The molecule has 0 radical (unpaired) electrons. The molecule has 35 heavy (non-hydrogen) atoms. The molecule has 4 rings (SSSR count). The van der Waals surface area contributed by atoms with Crippen LogP contribution in [0.15, 0.2) is 58.1 Å². The summed E-state index contributed by atoms with van der Waals surface area (Å²) >= 11 is 3.52. The van der Waals surface area contributed by atoms with Gasteiger partial charge in [-0.1, -0.05) is 0 Å². The van der Waals surface area contributed by atoms with Gasteiger partial charge in [0.2, 0.25) is 0 Å². The van der Waals surface area contributed by atoms with E-state index >= 15 is 0 Å². The van der Waals surface area contributed by atoms with E-state index in [0.29, 0.717) is 49.4 Å². The third-order valence-corrected chi connectivity index (χ3v) is 6.17. The van der Waals surface area contributed by atoms with E-state index in [1.165, 1.54) is 44.9 Å². The van der Waals surface area contributed by atoms with Gasteiger partial charge >= 0.3 is 5.97 Å². The number of hydrogen-bond acceptors (Lipinski definition) is 7. The molecule has 2 aromatic carbocycles. The van der Waals surface area contributed by atoms with Gasteiger partial charge in [-0.2, -0.15) is 0 Å². The van der Waals surface area contributed by atoms with E-state index in [0.717, 1.165) is 0 Å². The van der Waals surface area contributed by atoms with Gasteiger partial charge < -0.3 is 23.7 Å². The maximum absolute atomic E-state index is 13.8. The third-order valence-electron chi connectivity index (χ3n) is 5.59. The van der Waals surface area contributed by atoms with Crippen LogP contribution in [0.1, 0.15) is 10.5 Å². The number of hydrogen-bond donors (Lipinski definition) is 0. The Bertz CT molecular complexity index is 1480. The predicted octanol–water partition coefficient (Wildman–Crippen LogP) is 4.36. The van der Waals surface area contributed by atoms with E-state index in [2.05, 4.69) is 15.9 Å². The highest BCUT2D eigenvalue weighted by atomic mass is 79.9. The fraction of sp³-hybridized carbons (Fsp3) is 0.200. The number of carbonyl (C=O) groups is 1. The van der Waals surface area contributed by atoms with Crippen molar-refractivity contribution in [1.29, 1.82) is 0 Å². The monoisotopic (exact) mass is 542 g/mol. The molecule has 9 nitrogen and oxygen atoms in total. The summed E-state index contributed by atoms with van der Waals surface area (Å²) in [5, 5.41) is 0.778. The zero-order valence-corrected chi connectivity index (χ0v) is 21.3. The lowest BCUT2D eigenvalue weighted by atomic mass is 9.96. The van der Waals surface area contributed by atoms with Crippen LogP contribution in [0.5, 0.6) is 23.0 Å². The van der Waals surface area contributed by atoms with Crippen molar-refractivity contribution in [3.8, 4) is 34.1 Å². The van der Waals surface area contributed by atoms with Crippen LogP contribution in [0.2, 0.25) is 0 Å². The smallest absolute Gasteiger partial charge is 0.357 e. The summed E-state index contributed by atoms with van der Waals surface area (Å²) < 4.78 is 30.4. The maximum Gasteiger partial charge on any atom is 0.357 e. The Morgan fingerprint density at radius 3 is 1.94 bits per heavy atom. The fourth-order valence-corrected chi connectivity index (χ4v) is 4.63. The van der Waals surface area contributed by atoms with Crippen molar-refractivity contribution in [2.75, 3.05) is 35.5 Å². The number of carbonyl (C=O) groups excluding carboxylic acids is 1. The first kappa shape index (κ1) is 24.2. The molecule has 2 heterocycles. The van der Waals surface area contributed by atoms with Gasteiger partial charge in [0.05, 0.1) is 45.4 Å². The van der Waals surface area contributed by atoms with Crippen molar-refractivity contribution in [3.63, 3.8) is 0 Å². The van der Waals surface area contributed by atoms with E-state index in [1.54, 1.807) is 48.8 Å².